The summed E-state index contributed by atoms with van der Waals surface area (Å²) in [5, 5.41) is 0. The average molecular weight is 204 g/mol. The van der Waals surface area contributed by atoms with Crippen molar-refractivity contribution in [3.8, 4) is 0 Å². The highest BCUT2D eigenvalue weighted by Gasteiger charge is 2.29. The number of nitrogens with zero attached hydrogens (tertiary/aromatic N) is 1. The van der Waals surface area contributed by atoms with Crippen LogP contribution in [0.25, 0.3) is 0 Å². The van der Waals surface area contributed by atoms with E-state index >= 15 is 0 Å². The zero-order valence-electron chi connectivity index (χ0n) is 9.39. The second kappa shape index (κ2) is 4.67. The number of hydrogen-bond donors (Lipinski definition) is 1. The molecular formula is C13H20N2. The van der Waals surface area contributed by atoms with Crippen molar-refractivity contribution in [1.29, 1.82) is 0 Å². The Hall–Kier alpha value is -1.02. The molecule has 0 aromatic heterocycles. The average Bonchev–Trinajstić information content (AvgIpc) is 3.10. The summed E-state index contributed by atoms with van der Waals surface area (Å²) >= 11 is 0. The van der Waals surface area contributed by atoms with Crippen molar-refractivity contribution in [2.24, 2.45) is 11.7 Å². The first-order valence-electron chi connectivity index (χ1n) is 5.87. The minimum absolute atomic E-state index is 0.352. The summed E-state index contributed by atoms with van der Waals surface area (Å²) in [7, 11) is 0. The summed E-state index contributed by atoms with van der Waals surface area (Å²) in [5.41, 5.74) is 7.44. The van der Waals surface area contributed by atoms with E-state index in [2.05, 4.69) is 42.2 Å². The molecular weight excluding hydrogens is 184 g/mol. The Balaban J connectivity index is 1.97. The Labute approximate surface area is 92.1 Å². The first-order chi connectivity index (χ1) is 7.31. The van der Waals surface area contributed by atoms with Crippen LogP contribution >= 0.6 is 0 Å². The molecule has 0 radical (unpaired) electrons. The lowest BCUT2D eigenvalue weighted by atomic mass is 10.1. The van der Waals surface area contributed by atoms with Crippen LogP contribution in [0.2, 0.25) is 0 Å². The normalized spacial score (nSPS) is 17.5. The molecule has 0 aliphatic heterocycles. The summed E-state index contributed by atoms with van der Waals surface area (Å²) in [5.74, 6) is 0.780. The van der Waals surface area contributed by atoms with E-state index in [1.807, 2.05) is 0 Å². The van der Waals surface area contributed by atoms with Gasteiger partial charge in [-0.3, -0.25) is 0 Å². The molecule has 15 heavy (non-hydrogen) atoms. The van der Waals surface area contributed by atoms with Gasteiger partial charge in [-0.15, -0.1) is 0 Å². The third-order valence-corrected chi connectivity index (χ3v) is 3.16. The van der Waals surface area contributed by atoms with Crippen LogP contribution in [-0.4, -0.2) is 19.1 Å². The molecule has 1 aromatic rings. The third-order valence-electron chi connectivity index (χ3n) is 3.16. The van der Waals surface area contributed by atoms with Crippen LogP contribution in [-0.2, 0) is 0 Å². The fourth-order valence-electron chi connectivity index (χ4n) is 1.98. The molecule has 1 fully saturated rings. The van der Waals surface area contributed by atoms with Gasteiger partial charge >= 0.3 is 0 Å². The summed E-state index contributed by atoms with van der Waals surface area (Å²) in [4.78, 5) is 2.36. The Morgan fingerprint density at radius 1 is 1.33 bits per heavy atom. The minimum atomic E-state index is 0.352. The van der Waals surface area contributed by atoms with Gasteiger partial charge in [-0.05, 0) is 37.8 Å². The van der Waals surface area contributed by atoms with E-state index in [9.17, 15) is 0 Å². The second-order valence-corrected chi connectivity index (χ2v) is 4.38. The number of para-hydroxylation sites is 1. The van der Waals surface area contributed by atoms with E-state index in [0.717, 1.165) is 19.0 Å². The van der Waals surface area contributed by atoms with Gasteiger partial charge in [0, 0.05) is 24.8 Å². The minimum Gasteiger partial charge on any atom is -0.370 e. The lowest BCUT2D eigenvalue weighted by Crippen LogP contribution is -2.38. The zero-order chi connectivity index (χ0) is 10.7. The topological polar surface area (TPSA) is 29.3 Å². The van der Waals surface area contributed by atoms with E-state index in [1.165, 1.54) is 18.5 Å². The maximum absolute atomic E-state index is 6.15. The molecule has 2 heteroatoms. The first kappa shape index (κ1) is 10.5. The zero-order valence-corrected chi connectivity index (χ0v) is 9.39. The standard InChI is InChI=1S/C13H20N2/c1-2-15(10-13(14)11-8-9-11)12-6-4-3-5-7-12/h3-7,11,13H,2,8-10,14H2,1H3/t13-/m0/s1. The van der Waals surface area contributed by atoms with Crippen molar-refractivity contribution < 1.29 is 0 Å². The van der Waals surface area contributed by atoms with Crippen molar-refractivity contribution >= 4 is 5.69 Å². The van der Waals surface area contributed by atoms with E-state index in [4.69, 9.17) is 5.73 Å². The van der Waals surface area contributed by atoms with Gasteiger partial charge in [-0.2, -0.15) is 0 Å². The number of nitrogens with two attached hydrogens (primary N) is 1. The van der Waals surface area contributed by atoms with E-state index < -0.39 is 0 Å². The molecule has 1 saturated carbocycles. The molecule has 2 nitrogen and oxygen atoms in total. The van der Waals surface area contributed by atoms with Crippen LogP contribution in [0.4, 0.5) is 5.69 Å². The molecule has 0 spiro atoms. The van der Waals surface area contributed by atoms with Gasteiger partial charge in [0.05, 0.1) is 0 Å². The molecule has 0 unspecified atom stereocenters. The Morgan fingerprint density at radius 2 is 2.00 bits per heavy atom. The van der Waals surface area contributed by atoms with Gasteiger partial charge in [0.1, 0.15) is 0 Å². The Bertz CT molecular complexity index is 293. The number of benzene rings is 1. The number of rotatable bonds is 5. The Kier molecular flexibility index (Phi) is 3.27. The van der Waals surface area contributed by atoms with Crippen LogP contribution in [0.1, 0.15) is 19.8 Å². The monoisotopic (exact) mass is 204 g/mol. The summed E-state index contributed by atoms with van der Waals surface area (Å²) in [6.07, 6.45) is 2.65. The van der Waals surface area contributed by atoms with Crippen LogP contribution < -0.4 is 10.6 Å². The molecule has 1 aliphatic carbocycles. The maximum Gasteiger partial charge on any atom is 0.0366 e. The predicted molar refractivity (Wildman–Crippen MR) is 65.0 cm³/mol. The summed E-state index contributed by atoms with van der Waals surface area (Å²) in [6, 6.07) is 10.9. The molecule has 1 aromatic carbocycles. The van der Waals surface area contributed by atoms with Crippen molar-refractivity contribution in [3.63, 3.8) is 0 Å². The first-order valence-corrected chi connectivity index (χ1v) is 5.87. The summed E-state index contributed by atoms with van der Waals surface area (Å²) < 4.78 is 0. The molecule has 2 rings (SSSR count). The van der Waals surface area contributed by atoms with E-state index in [0.29, 0.717) is 6.04 Å². The predicted octanol–water partition coefficient (Wildman–Crippen LogP) is 2.25. The summed E-state index contributed by atoms with van der Waals surface area (Å²) in [6.45, 7) is 4.21. The third kappa shape index (κ3) is 2.72. The van der Waals surface area contributed by atoms with Crippen LogP contribution in [0.5, 0.6) is 0 Å². The van der Waals surface area contributed by atoms with Crippen molar-refractivity contribution in [1.82, 2.24) is 0 Å². The van der Waals surface area contributed by atoms with Gasteiger partial charge in [-0.1, -0.05) is 18.2 Å². The number of likely N-dealkylation sites (N-methyl/N-ethyl adjacent to an activating group) is 1. The molecule has 0 amide bonds. The van der Waals surface area contributed by atoms with Crippen molar-refractivity contribution in [2.75, 3.05) is 18.0 Å². The highest BCUT2D eigenvalue weighted by Crippen LogP contribution is 2.32. The SMILES string of the molecule is CCN(C[C@H](N)C1CC1)c1ccccc1. The molecule has 2 N–H and O–H groups in total. The van der Waals surface area contributed by atoms with Crippen LogP contribution in [0.15, 0.2) is 30.3 Å². The Morgan fingerprint density at radius 3 is 2.53 bits per heavy atom. The number of anilines is 1. The van der Waals surface area contributed by atoms with Gasteiger partial charge < -0.3 is 10.6 Å². The van der Waals surface area contributed by atoms with Gasteiger partial charge in [0.15, 0.2) is 0 Å². The fourth-order valence-corrected chi connectivity index (χ4v) is 1.98. The number of hydrogen-bond acceptors (Lipinski definition) is 2. The van der Waals surface area contributed by atoms with Crippen molar-refractivity contribution in [3.05, 3.63) is 30.3 Å². The highest BCUT2D eigenvalue weighted by atomic mass is 15.1. The van der Waals surface area contributed by atoms with Gasteiger partial charge in [-0.25, -0.2) is 0 Å². The van der Waals surface area contributed by atoms with Crippen LogP contribution in [0.3, 0.4) is 0 Å². The molecule has 1 atom stereocenters. The van der Waals surface area contributed by atoms with Gasteiger partial charge in [0.25, 0.3) is 0 Å². The lowest BCUT2D eigenvalue weighted by Gasteiger charge is -2.26. The second-order valence-electron chi connectivity index (χ2n) is 4.38. The molecule has 1 aliphatic rings. The van der Waals surface area contributed by atoms with E-state index in [-0.39, 0.29) is 0 Å². The molecule has 0 saturated heterocycles. The highest BCUT2D eigenvalue weighted by molar-refractivity contribution is 5.46. The van der Waals surface area contributed by atoms with Crippen molar-refractivity contribution in [2.45, 2.75) is 25.8 Å². The quantitative estimate of drug-likeness (QED) is 0.797. The molecule has 0 heterocycles. The fraction of sp³-hybridized carbons (Fsp3) is 0.538. The molecule has 0 bridgehead atoms. The van der Waals surface area contributed by atoms with Crippen LogP contribution in [0, 0.1) is 5.92 Å². The maximum atomic E-state index is 6.15. The lowest BCUT2D eigenvalue weighted by molar-refractivity contribution is 0.577. The smallest absolute Gasteiger partial charge is 0.0366 e. The molecule has 82 valence electrons. The van der Waals surface area contributed by atoms with E-state index in [1.54, 1.807) is 0 Å². The van der Waals surface area contributed by atoms with Gasteiger partial charge in [0.2, 0.25) is 0 Å². The largest absolute Gasteiger partial charge is 0.370 e.